The maximum Gasteiger partial charge on any atom is 0.375 e. The van der Waals surface area contributed by atoms with Gasteiger partial charge < -0.3 is 10.5 Å². The fourth-order valence-corrected chi connectivity index (χ4v) is 1.94. The molecule has 0 unspecified atom stereocenters. The zero-order chi connectivity index (χ0) is 14.0. The summed E-state index contributed by atoms with van der Waals surface area (Å²) in [6.45, 7) is 1.95. The molecule has 8 heteroatoms. The highest BCUT2D eigenvalue weighted by atomic mass is 35.5. The van der Waals surface area contributed by atoms with Gasteiger partial charge in [0, 0.05) is 10.6 Å². The summed E-state index contributed by atoms with van der Waals surface area (Å²) in [5, 5.41) is 7.07. The molecule has 0 saturated carbocycles. The minimum atomic E-state index is -0.590. The van der Waals surface area contributed by atoms with Gasteiger partial charge in [0.2, 0.25) is 5.82 Å². The summed E-state index contributed by atoms with van der Waals surface area (Å²) >= 11 is 11.8. The molecule has 1 aromatic heterocycles. The molecule has 0 saturated heterocycles. The molecule has 0 aliphatic carbocycles. The van der Waals surface area contributed by atoms with Crippen molar-refractivity contribution in [2.24, 2.45) is 0 Å². The second kappa shape index (κ2) is 5.46. The molecule has 0 aliphatic rings. The van der Waals surface area contributed by atoms with E-state index in [1.54, 1.807) is 13.0 Å². The number of nitrogens with one attached hydrogen (secondary N) is 1. The number of aromatic amines is 1. The predicted molar refractivity (Wildman–Crippen MR) is 72.2 cm³/mol. The van der Waals surface area contributed by atoms with E-state index in [0.29, 0.717) is 21.3 Å². The van der Waals surface area contributed by atoms with Crippen molar-refractivity contribution in [2.75, 3.05) is 12.3 Å². The molecule has 2 rings (SSSR count). The number of rotatable bonds is 3. The van der Waals surface area contributed by atoms with Gasteiger partial charge in [-0.15, -0.1) is 0 Å². The molecule has 0 atom stereocenters. The number of esters is 1. The number of nitrogen functional groups attached to an aromatic ring is 1. The van der Waals surface area contributed by atoms with Gasteiger partial charge in [0.1, 0.15) is 0 Å². The number of hydrogen-bond donors (Lipinski definition) is 2. The summed E-state index contributed by atoms with van der Waals surface area (Å²) in [6, 6.07) is 3.09. The van der Waals surface area contributed by atoms with Crippen LogP contribution in [-0.2, 0) is 4.74 Å². The van der Waals surface area contributed by atoms with E-state index in [0.717, 1.165) is 0 Å². The van der Waals surface area contributed by atoms with E-state index >= 15 is 0 Å². The van der Waals surface area contributed by atoms with Crippen LogP contribution >= 0.6 is 23.2 Å². The van der Waals surface area contributed by atoms with E-state index in [9.17, 15) is 4.79 Å². The number of nitrogens with zero attached hydrogens (tertiary/aromatic N) is 2. The predicted octanol–water partition coefficient (Wildman–Crippen LogP) is 2.54. The number of carbonyl (C=O) groups excluding carboxylic acids is 1. The van der Waals surface area contributed by atoms with Gasteiger partial charge in [-0.2, -0.15) is 5.10 Å². The van der Waals surface area contributed by atoms with E-state index in [1.165, 1.54) is 6.07 Å². The molecule has 6 nitrogen and oxygen atoms in total. The van der Waals surface area contributed by atoms with E-state index < -0.39 is 5.97 Å². The van der Waals surface area contributed by atoms with E-state index in [4.69, 9.17) is 33.7 Å². The molecular weight excluding hydrogens is 291 g/mol. The van der Waals surface area contributed by atoms with E-state index in [-0.39, 0.29) is 18.3 Å². The Bertz CT molecular complexity index is 627. The molecule has 0 fully saturated rings. The summed E-state index contributed by atoms with van der Waals surface area (Å²) in [5.41, 5.74) is 6.57. The Morgan fingerprint density at radius 2 is 2.21 bits per heavy atom. The Kier molecular flexibility index (Phi) is 3.92. The zero-order valence-electron chi connectivity index (χ0n) is 9.91. The van der Waals surface area contributed by atoms with Crippen LogP contribution in [0.3, 0.4) is 0 Å². The van der Waals surface area contributed by atoms with Gasteiger partial charge >= 0.3 is 5.97 Å². The number of anilines is 1. The average molecular weight is 301 g/mol. The van der Waals surface area contributed by atoms with Crippen molar-refractivity contribution < 1.29 is 9.53 Å². The third-order valence-electron chi connectivity index (χ3n) is 2.29. The second-order valence-corrected chi connectivity index (χ2v) is 4.42. The third-order valence-corrected chi connectivity index (χ3v) is 2.82. The topological polar surface area (TPSA) is 93.9 Å². The lowest BCUT2D eigenvalue weighted by Gasteiger charge is -2.04. The Balaban J connectivity index is 2.41. The summed E-state index contributed by atoms with van der Waals surface area (Å²) < 4.78 is 4.80. The molecule has 0 amide bonds. The maximum atomic E-state index is 11.5. The first-order valence-corrected chi connectivity index (χ1v) is 6.13. The molecule has 0 bridgehead atoms. The minimum absolute atomic E-state index is 0.00709. The highest BCUT2D eigenvalue weighted by molar-refractivity contribution is 6.37. The lowest BCUT2D eigenvalue weighted by atomic mass is 10.1. The van der Waals surface area contributed by atoms with Crippen LogP contribution in [0.2, 0.25) is 10.0 Å². The first-order valence-electron chi connectivity index (χ1n) is 5.37. The Morgan fingerprint density at radius 1 is 1.47 bits per heavy atom. The van der Waals surface area contributed by atoms with E-state index in [2.05, 4.69) is 15.2 Å². The van der Waals surface area contributed by atoms with Crippen LogP contribution in [0, 0.1) is 0 Å². The normalized spacial score (nSPS) is 10.5. The summed E-state index contributed by atoms with van der Waals surface area (Å²) in [6.07, 6.45) is 0. The van der Waals surface area contributed by atoms with Crippen LogP contribution in [-0.4, -0.2) is 27.8 Å². The molecule has 0 aliphatic heterocycles. The average Bonchev–Trinajstić information content (AvgIpc) is 2.83. The smallest absolute Gasteiger partial charge is 0.375 e. The van der Waals surface area contributed by atoms with Crippen LogP contribution in [0.25, 0.3) is 11.4 Å². The maximum absolute atomic E-state index is 11.5. The van der Waals surface area contributed by atoms with Gasteiger partial charge in [-0.05, 0) is 19.1 Å². The Morgan fingerprint density at radius 3 is 2.89 bits per heavy atom. The lowest BCUT2D eigenvalue weighted by Crippen LogP contribution is -2.06. The van der Waals surface area contributed by atoms with Crippen molar-refractivity contribution in [1.29, 1.82) is 0 Å². The minimum Gasteiger partial charge on any atom is -0.460 e. The van der Waals surface area contributed by atoms with Gasteiger partial charge in [-0.25, -0.2) is 9.78 Å². The standard InChI is InChI=1S/C11H10Cl2N4O2/c1-2-19-11(18)10-15-9(16-17-10)6-3-5(12)4-7(13)8(6)14/h3-4H,2,14H2,1H3,(H,15,16,17). The molecular formula is C11H10Cl2N4O2. The molecule has 3 N–H and O–H groups in total. The number of hydrogen-bond acceptors (Lipinski definition) is 5. The van der Waals surface area contributed by atoms with E-state index in [1.807, 2.05) is 0 Å². The number of aromatic nitrogens is 3. The summed E-state index contributed by atoms with van der Waals surface area (Å²) in [4.78, 5) is 15.5. The van der Waals surface area contributed by atoms with Crippen molar-refractivity contribution in [3.8, 4) is 11.4 Å². The second-order valence-electron chi connectivity index (χ2n) is 3.58. The number of benzene rings is 1. The zero-order valence-corrected chi connectivity index (χ0v) is 11.4. The van der Waals surface area contributed by atoms with Crippen molar-refractivity contribution in [3.63, 3.8) is 0 Å². The molecule has 1 heterocycles. The Hall–Kier alpha value is -1.79. The fraction of sp³-hybridized carbons (Fsp3) is 0.182. The van der Waals surface area contributed by atoms with Crippen LogP contribution in [0.4, 0.5) is 5.69 Å². The quantitative estimate of drug-likeness (QED) is 0.671. The molecule has 1 aromatic carbocycles. The monoisotopic (exact) mass is 300 g/mol. The van der Waals surface area contributed by atoms with Crippen molar-refractivity contribution in [1.82, 2.24) is 15.2 Å². The highest BCUT2D eigenvalue weighted by Gasteiger charge is 2.17. The first-order chi connectivity index (χ1) is 9.02. The van der Waals surface area contributed by atoms with Gasteiger partial charge in [0.25, 0.3) is 0 Å². The largest absolute Gasteiger partial charge is 0.460 e. The molecule has 100 valence electrons. The highest BCUT2D eigenvalue weighted by Crippen LogP contribution is 2.33. The number of ether oxygens (including phenoxy) is 1. The van der Waals surface area contributed by atoms with Crippen molar-refractivity contribution in [3.05, 3.63) is 28.0 Å². The number of carbonyl (C=O) groups is 1. The van der Waals surface area contributed by atoms with Gasteiger partial charge in [0.15, 0.2) is 5.82 Å². The van der Waals surface area contributed by atoms with Crippen molar-refractivity contribution in [2.45, 2.75) is 6.92 Å². The molecule has 19 heavy (non-hydrogen) atoms. The first kappa shape index (κ1) is 13.6. The van der Waals surface area contributed by atoms with Gasteiger partial charge in [0.05, 0.1) is 17.3 Å². The lowest BCUT2D eigenvalue weighted by molar-refractivity contribution is 0.0512. The summed E-state index contributed by atoms with van der Waals surface area (Å²) in [5.74, 6) is -0.370. The van der Waals surface area contributed by atoms with Crippen LogP contribution in [0.15, 0.2) is 12.1 Å². The SMILES string of the molecule is CCOC(=O)c1nc(-c2cc(Cl)cc(Cl)c2N)n[nH]1. The van der Waals surface area contributed by atoms with Crippen LogP contribution in [0.5, 0.6) is 0 Å². The van der Waals surface area contributed by atoms with Crippen LogP contribution < -0.4 is 5.73 Å². The van der Waals surface area contributed by atoms with Gasteiger partial charge in [-0.1, -0.05) is 23.2 Å². The van der Waals surface area contributed by atoms with Crippen LogP contribution in [0.1, 0.15) is 17.5 Å². The summed E-state index contributed by atoms with van der Waals surface area (Å²) in [7, 11) is 0. The fourth-order valence-electron chi connectivity index (χ4n) is 1.44. The molecule has 2 aromatic rings. The Labute approximate surface area is 118 Å². The van der Waals surface area contributed by atoms with Crippen molar-refractivity contribution >= 4 is 34.9 Å². The molecule has 0 spiro atoms. The molecule has 0 radical (unpaired) electrons. The number of halogens is 2. The number of nitrogens with two attached hydrogens (primary N) is 1. The third kappa shape index (κ3) is 2.80. The number of H-pyrrole nitrogens is 1. The van der Waals surface area contributed by atoms with Gasteiger partial charge in [-0.3, -0.25) is 5.10 Å².